The lowest BCUT2D eigenvalue weighted by Gasteiger charge is -2.23. The number of fused-ring (bicyclic) bond motifs is 3. The highest BCUT2D eigenvalue weighted by Crippen LogP contribution is 2.46. The third-order valence-corrected chi connectivity index (χ3v) is 8.17. The zero-order valence-electron chi connectivity index (χ0n) is 21.9. The van der Waals surface area contributed by atoms with E-state index in [0.29, 0.717) is 36.6 Å². The van der Waals surface area contributed by atoms with Crippen LogP contribution in [0.15, 0.2) is 71.7 Å². The molecule has 3 N–H and O–H groups in total. The van der Waals surface area contributed by atoms with Crippen LogP contribution in [0.25, 0.3) is 0 Å². The number of benzene rings is 2. The van der Waals surface area contributed by atoms with Crippen molar-refractivity contribution in [3.8, 4) is 0 Å². The van der Waals surface area contributed by atoms with Gasteiger partial charge in [0.15, 0.2) is 0 Å². The lowest BCUT2D eigenvalue weighted by Crippen LogP contribution is -2.38. The van der Waals surface area contributed by atoms with Gasteiger partial charge < -0.3 is 20.9 Å². The molecule has 0 radical (unpaired) electrons. The predicted octanol–water partition coefficient (Wildman–Crippen LogP) is 3.53. The van der Waals surface area contributed by atoms with Gasteiger partial charge in [0.1, 0.15) is 18.1 Å². The molecule has 1 aliphatic heterocycles. The quantitative estimate of drug-likeness (QED) is 0.308. The van der Waals surface area contributed by atoms with Crippen LogP contribution < -0.4 is 16.0 Å². The van der Waals surface area contributed by atoms with Crippen LogP contribution in [0.4, 0.5) is 11.5 Å². The second-order valence-electron chi connectivity index (χ2n) is 10.2. The molecule has 0 saturated carbocycles. The minimum Gasteiger partial charge on any atom is -0.325 e. The Morgan fingerprint density at radius 2 is 1.88 bits per heavy atom. The van der Waals surface area contributed by atoms with Gasteiger partial charge in [0.05, 0.1) is 10.9 Å². The molecule has 1 unspecified atom stereocenters. The molecule has 1 atom stereocenters. The van der Waals surface area contributed by atoms with Crippen molar-refractivity contribution < 1.29 is 14.4 Å². The Labute approximate surface area is 235 Å². The summed E-state index contributed by atoms with van der Waals surface area (Å²) in [4.78, 5) is 49.6. The van der Waals surface area contributed by atoms with Gasteiger partial charge in [-0.3, -0.25) is 14.4 Å². The number of pyridine rings is 1. The first kappa shape index (κ1) is 25.8. The standard InChI is InChI=1S/C30H28N6O3S/c1-31-14-20-5-2-3-6-21(20)15-36(28(38)25-17-40-18-33-25)16-26(37)34-23-9-8-19-12-30(13-22(19)11-23)24-7-4-10-32-27(24)35-29(30)39/h2-11,17-18,31H,12-16H2,1H3,(H,34,37)(H,32,35,39). The molecule has 9 nitrogen and oxygen atoms in total. The number of hydrogen-bond donors (Lipinski definition) is 3. The molecule has 1 spiro atoms. The third-order valence-electron chi connectivity index (χ3n) is 7.58. The van der Waals surface area contributed by atoms with Gasteiger partial charge in [-0.2, -0.15) is 0 Å². The molecule has 3 heterocycles. The van der Waals surface area contributed by atoms with Gasteiger partial charge in [0.2, 0.25) is 11.8 Å². The molecule has 202 valence electrons. The van der Waals surface area contributed by atoms with Crippen LogP contribution in [-0.4, -0.2) is 46.2 Å². The van der Waals surface area contributed by atoms with E-state index in [1.165, 1.54) is 16.2 Å². The van der Waals surface area contributed by atoms with E-state index < -0.39 is 5.41 Å². The van der Waals surface area contributed by atoms with E-state index in [9.17, 15) is 14.4 Å². The summed E-state index contributed by atoms with van der Waals surface area (Å²) < 4.78 is 0. The monoisotopic (exact) mass is 552 g/mol. The number of anilines is 2. The number of nitrogens with one attached hydrogen (secondary N) is 3. The number of nitrogens with zero attached hydrogens (tertiary/aromatic N) is 3. The SMILES string of the molecule is CNCc1ccccc1CN(CC(=O)Nc1ccc2c(c1)CC1(C2)C(=O)Nc2ncccc21)C(=O)c1cscn1. The van der Waals surface area contributed by atoms with Gasteiger partial charge in [0, 0.05) is 35.9 Å². The molecule has 10 heteroatoms. The highest BCUT2D eigenvalue weighted by molar-refractivity contribution is 7.07. The summed E-state index contributed by atoms with van der Waals surface area (Å²) in [5.74, 6) is -0.0331. The zero-order chi connectivity index (χ0) is 27.7. The number of thiazole rings is 1. The van der Waals surface area contributed by atoms with Crippen LogP contribution in [0.2, 0.25) is 0 Å². The fourth-order valence-corrected chi connectivity index (χ4v) is 6.20. The zero-order valence-corrected chi connectivity index (χ0v) is 22.8. The van der Waals surface area contributed by atoms with E-state index in [2.05, 4.69) is 25.9 Å². The maximum Gasteiger partial charge on any atom is 0.274 e. The summed E-state index contributed by atoms with van der Waals surface area (Å²) in [7, 11) is 1.87. The van der Waals surface area contributed by atoms with Crippen molar-refractivity contribution in [2.45, 2.75) is 31.3 Å². The number of carbonyl (C=O) groups excluding carboxylic acids is 3. The summed E-state index contributed by atoms with van der Waals surface area (Å²) in [6.07, 6.45) is 2.80. The first-order valence-corrected chi connectivity index (χ1v) is 14.0. The van der Waals surface area contributed by atoms with Crippen molar-refractivity contribution in [1.82, 2.24) is 20.2 Å². The molecule has 0 fully saturated rings. The largest absolute Gasteiger partial charge is 0.325 e. The van der Waals surface area contributed by atoms with Gasteiger partial charge in [-0.05, 0) is 60.3 Å². The van der Waals surface area contributed by atoms with Crippen LogP contribution in [0.3, 0.4) is 0 Å². The number of amides is 3. The van der Waals surface area contributed by atoms with Crippen molar-refractivity contribution in [1.29, 1.82) is 0 Å². The second-order valence-corrected chi connectivity index (χ2v) is 10.9. The van der Waals surface area contributed by atoms with Crippen LogP contribution in [0.1, 0.15) is 38.3 Å². The average molecular weight is 553 g/mol. The molecular formula is C30H28N6O3S. The minimum absolute atomic E-state index is 0.0438. The molecular weight excluding hydrogens is 524 g/mol. The molecule has 2 aliphatic rings. The molecule has 3 amide bonds. The number of aromatic nitrogens is 2. The van der Waals surface area contributed by atoms with Gasteiger partial charge in [-0.25, -0.2) is 9.97 Å². The predicted molar refractivity (Wildman–Crippen MR) is 153 cm³/mol. The summed E-state index contributed by atoms with van der Waals surface area (Å²) in [5.41, 5.74) is 6.90. The normalized spacial score (nSPS) is 16.9. The maximum absolute atomic E-state index is 13.3. The van der Waals surface area contributed by atoms with Gasteiger partial charge in [-0.1, -0.05) is 36.4 Å². The van der Waals surface area contributed by atoms with Crippen molar-refractivity contribution in [3.05, 3.63) is 105 Å². The Balaban J connectivity index is 1.20. The molecule has 1 aliphatic carbocycles. The smallest absolute Gasteiger partial charge is 0.274 e. The molecule has 4 aromatic rings. The maximum atomic E-state index is 13.3. The molecule has 2 aromatic heterocycles. The van der Waals surface area contributed by atoms with E-state index >= 15 is 0 Å². The lowest BCUT2D eigenvalue weighted by atomic mass is 9.79. The highest BCUT2D eigenvalue weighted by Gasteiger charge is 2.51. The Morgan fingerprint density at radius 3 is 2.67 bits per heavy atom. The van der Waals surface area contributed by atoms with E-state index in [1.807, 2.05) is 61.6 Å². The molecule has 6 rings (SSSR count). The average Bonchev–Trinajstić information content (AvgIpc) is 3.68. The van der Waals surface area contributed by atoms with Gasteiger partial charge in [0.25, 0.3) is 5.91 Å². The number of rotatable bonds is 8. The molecule has 0 saturated heterocycles. The topological polar surface area (TPSA) is 116 Å². The van der Waals surface area contributed by atoms with Gasteiger partial charge >= 0.3 is 0 Å². The van der Waals surface area contributed by atoms with Crippen molar-refractivity contribution in [2.24, 2.45) is 0 Å². The minimum atomic E-state index is -0.675. The Morgan fingerprint density at radius 1 is 1.05 bits per heavy atom. The van der Waals surface area contributed by atoms with Gasteiger partial charge in [-0.15, -0.1) is 11.3 Å². The summed E-state index contributed by atoms with van der Waals surface area (Å²) in [6, 6.07) is 17.4. The van der Waals surface area contributed by atoms with Crippen molar-refractivity contribution >= 4 is 40.6 Å². The lowest BCUT2D eigenvalue weighted by molar-refractivity contribution is -0.120. The molecule has 0 bridgehead atoms. The van der Waals surface area contributed by atoms with Crippen LogP contribution in [0.5, 0.6) is 0 Å². The first-order valence-electron chi connectivity index (χ1n) is 13.0. The van der Waals surface area contributed by atoms with E-state index in [-0.39, 0.29) is 30.8 Å². The van der Waals surface area contributed by atoms with E-state index in [4.69, 9.17) is 0 Å². The van der Waals surface area contributed by atoms with Crippen molar-refractivity contribution in [2.75, 3.05) is 24.2 Å². The molecule has 2 aromatic carbocycles. The molecule has 40 heavy (non-hydrogen) atoms. The van der Waals surface area contributed by atoms with E-state index in [0.717, 1.165) is 27.8 Å². The first-order chi connectivity index (χ1) is 19.5. The third kappa shape index (κ3) is 4.76. The van der Waals surface area contributed by atoms with Crippen LogP contribution >= 0.6 is 11.3 Å². The van der Waals surface area contributed by atoms with Crippen molar-refractivity contribution in [3.63, 3.8) is 0 Å². The summed E-state index contributed by atoms with van der Waals surface area (Å²) in [5, 5.41) is 10.7. The van der Waals surface area contributed by atoms with Crippen LogP contribution in [-0.2, 0) is 40.9 Å². The second kappa shape index (κ2) is 10.6. The van der Waals surface area contributed by atoms with E-state index in [1.54, 1.807) is 17.1 Å². The Kier molecular flexibility index (Phi) is 6.87. The Bertz CT molecular complexity index is 1600. The fraction of sp³-hybridized carbons (Fsp3) is 0.233. The summed E-state index contributed by atoms with van der Waals surface area (Å²) >= 11 is 1.34. The Hall–Kier alpha value is -4.41. The highest BCUT2D eigenvalue weighted by atomic mass is 32.1. The fourth-order valence-electron chi connectivity index (χ4n) is 5.68. The number of carbonyl (C=O) groups is 3. The van der Waals surface area contributed by atoms with Crippen LogP contribution in [0, 0.1) is 0 Å². The summed E-state index contributed by atoms with van der Waals surface area (Å²) in [6.45, 7) is 0.792. The number of hydrogen-bond acceptors (Lipinski definition) is 7.